The summed E-state index contributed by atoms with van der Waals surface area (Å²) in [6, 6.07) is 0. The van der Waals surface area contributed by atoms with E-state index < -0.39 is 48.8 Å². The Balaban J connectivity index is 5.58. The van der Waals surface area contributed by atoms with Crippen molar-refractivity contribution in [2.45, 2.75) is 71.7 Å². The maximum Gasteiger partial charge on any atom is 0.306 e. The van der Waals surface area contributed by atoms with Gasteiger partial charge in [0.1, 0.15) is 6.61 Å². The molecule has 0 saturated carbocycles. The molecule has 0 aromatic carbocycles. The van der Waals surface area contributed by atoms with Crippen LogP contribution >= 0.6 is 0 Å². The molecular formula is C17H26O9. The minimum Gasteiger partial charge on any atom is -0.462 e. The molecule has 0 N–H and O–H groups in total. The second-order valence-electron chi connectivity index (χ2n) is 5.17. The largest absolute Gasteiger partial charge is 0.462 e. The average molecular weight is 374 g/mol. The van der Waals surface area contributed by atoms with E-state index >= 15 is 0 Å². The van der Waals surface area contributed by atoms with E-state index in [1.807, 2.05) is 0 Å². The maximum atomic E-state index is 11.7. The molecule has 26 heavy (non-hydrogen) atoms. The Kier molecular flexibility index (Phi) is 11.6. The first kappa shape index (κ1) is 23.5. The second-order valence-corrected chi connectivity index (χ2v) is 5.17. The summed E-state index contributed by atoms with van der Waals surface area (Å²) >= 11 is 0. The highest BCUT2D eigenvalue weighted by Crippen LogP contribution is 2.15. The molecule has 0 aromatic rings. The number of carbonyl (C=O) groups is 5. The summed E-state index contributed by atoms with van der Waals surface area (Å²) in [6.45, 7) is 5.71. The quantitative estimate of drug-likeness (QED) is 0.281. The van der Waals surface area contributed by atoms with Gasteiger partial charge in [0.25, 0.3) is 0 Å². The smallest absolute Gasteiger partial charge is 0.306 e. The van der Waals surface area contributed by atoms with Crippen molar-refractivity contribution in [3.63, 3.8) is 0 Å². The van der Waals surface area contributed by atoms with E-state index in [-0.39, 0.29) is 32.0 Å². The highest BCUT2D eigenvalue weighted by molar-refractivity contribution is 5.74. The third kappa shape index (κ3) is 8.59. The number of carbonyl (C=O) groups excluding carboxylic acids is 5. The number of hydrogen-bond donors (Lipinski definition) is 0. The van der Waals surface area contributed by atoms with Gasteiger partial charge >= 0.3 is 23.9 Å². The van der Waals surface area contributed by atoms with Crippen LogP contribution in [0, 0.1) is 0 Å². The van der Waals surface area contributed by atoms with Gasteiger partial charge in [0, 0.05) is 25.7 Å². The molecule has 0 unspecified atom stereocenters. The minimum absolute atomic E-state index is 0.00712. The van der Waals surface area contributed by atoms with Crippen molar-refractivity contribution < 1.29 is 42.9 Å². The fourth-order valence-electron chi connectivity index (χ4n) is 1.72. The Morgan fingerprint density at radius 2 is 1.19 bits per heavy atom. The van der Waals surface area contributed by atoms with Crippen molar-refractivity contribution in [3.8, 4) is 0 Å². The molecule has 0 aromatic heterocycles. The molecule has 0 aliphatic carbocycles. The lowest BCUT2D eigenvalue weighted by molar-refractivity contribution is -0.190. The molecule has 0 rings (SSSR count). The van der Waals surface area contributed by atoms with Gasteiger partial charge in [-0.25, -0.2) is 0 Å². The van der Waals surface area contributed by atoms with Crippen LogP contribution in [0.3, 0.4) is 0 Å². The van der Waals surface area contributed by atoms with Crippen molar-refractivity contribution >= 4 is 30.2 Å². The molecule has 0 aliphatic heterocycles. The summed E-state index contributed by atoms with van der Waals surface area (Å²) in [5.41, 5.74) is 0. The summed E-state index contributed by atoms with van der Waals surface area (Å²) in [7, 11) is 0. The number of hydrogen-bond acceptors (Lipinski definition) is 9. The van der Waals surface area contributed by atoms with Gasteiger partial charge in [0.05, 0.1) is 0 Å². The van der Waals surface area contributed by atoms with E-state index in [2.05, 4.69) is 0 Å². The second kappa shape index (κ2) is 12.8. The molecule has 9 nitrogen and oxygen atoms in total. The Hall–Kier alpha value is -2.45. The molecule has 0 spiro atoms. The molecule has 9 heteroatoms. The molecule has 3 atom stereocenters. The van der Waals surface area contributed by atoms with Gasteiger partial charge in [0.15, 0.2) is 24.6 Å². The van der Waals surface area contributed by atoms with E-state index in [1.54, 1.807) is 13.8 Å². The van der Waals surface area contributed by atoms with Crippen LogP contribution in [-0.4, -0.2) is 55.1 Å². The summed E-state index contributed by atoms with van der Waals surface area (Å²) in [5, 5.41) is 0. The SMILES string of the molecule is CCC(=O)OC[C@@H](OC(=O)CC)[C@H](OC(=O)CC)[C@H](C=O)OC(=O)CC. The first-order valence-electron chi connectivity index (χ1n) is 8.52. The van der Waals surface area contributed by atoms with Crippen LogP contribution < -0.4 is 0 Å². The zero-order valence-electron chi connectivity index (χ0n) is 15.5. The lowest BCUT2D eigenvalue weighted by Crippen LogP contribution is -2.48. The summed E-state index contributed by atoms with van der Waals surface area (Å²) < 4.78 is 20.2. The van der Waals surface area contributed by atoms with Gasteiger partial charge in [-0.2, -0.15) is 0 Å². The highest BCUT2D eigenvalue weighted by atomic mass is 16.6. The van der Waals surface area contributed by atoms with Crippen LogP contribution in [0.4, 0.5) is 0 Å². The lowest BCUT2D eigenvalue weighted by Gasteiger charge is -2.29. The van der Waals surface area contributed by atoms with Crippen molar-refractivity contribution in [2.24, 2.45) is 0 Å². The number of rotatable bonds is 12. The van der Waals surface area contributed by atoms with Crippen molar-refractivity contribution in [2.75, 3.05) is 6.61 Å². The summed E-state index contributed by atoms with van der Waals surface area (Å²) in [6.07, 6.45) is -3.91. The Morgan fingerprint density at radius 1 is 0.731 bits per heavy atom. The predicted molar refractivity (Wildman–Crippen MR) is 87.8 cm³/mol. The molecule has 0 fully saturated rings. The fraction of sp³-hybridized carbons (Fsp3) is 0.706. The van der Waals surface area contributed by atoms with Gasteiger partial charge in [-0.15, -0.1) is 0 Å². The third-order valence-corrected chi connectivity index (χ3v) is 3.21. The number of esters is 4. The summed E-state index contributed by atoms with van der Waals surface area (Å²) in [4.78, 5) is 57.8. The first-order chi connectivity index (χ1) is 12.3. The molecular weight excluding hydrogens is 348 g/mol. The van der Waals surface area contributed by atoms with Gasteiger partial charge in [-0.1, -0.05) is 27.7 Å². The van der Waals surface area contributed by atoms with E-state index in [1.165, 1.54) is 13.8 Å². The van der Waals surface area contributed by atoms with Crippen LogP contribution in [0.2, 0.25) is 0 Å². The molecule has 0 heterocycles. The van der Waals surface area contributed by atoms with Crippen LogP contribution in [0.1, 0.15) is 53.4 Å². The maximum absolute atomic E-state index is 11.7. The summed E-state index contributed by atoms with van der Waals surface area (Å²) in [5.74, 6) is -2.64. The average Bonchev–Trinajstić information content (AvgIpc) is 2.66. The molecule has 148 valence electrons. The third-order valence-electron chi connectivity index (χ3n) is 3.21. The standard InChI is InChI=1S/C17H26O9/c1-5-13(19)23-10-12(25-15(21)7-3)17(26-16(22)8-4)11(9-18)24-14(20)6-2/h9,11-12,17H,5-8,10H2,1-4H3/t11-,12+,17+/m0/s1. The monoisotopic (exact) mass is 374 g/mol. The Labute approximate surface area is 152 Å². The van der Waals surface area contributed by atoms with Gasteiger partial charge in [0.2, 0.25) is 0 Å². The van der Waals surface area contributed by atoms with E-state index in [0.717, 1.165) is 0 Å². The van der Waals surface area contributed by atoms with Crippen LogP contribution in [-0.2, 0) is 42.9 Å². The molecule has 0 radical (unpaired) electrons. The molecule has 0 bridgehead atoms. The normalized spacial score (nSPS) is 13.7. The van der Waals surface area contributed by atoms with E-state index in [0.29, 0.717) is 0 Å². The van der Waals surface area contributed by atoms with Gasteiger partial charge in [-0.3, -0.25) is 24.0 Å². The molecule has 0 aliphatic rings. The van der Waals surface area contributed by atoms with E-state index in [9.17, 15) is 24.0 Å². The highest BCUT2D eigenvalue weighted by Gasteiger charge is 2.38. The van der Waals surface area contributed by atoms with Gasteiger partial charge in [-0.05, 0) is 0 Å². The zero-order valence-corrected chi connectivity index (χ0v) is 15.5. The zero-order chi connectivity index (χ0) is 20.1. The van der Waals surface area contributed by atoms with E-state index in [4.69, 9.17) is 18.9 Å². The number of aldehydes is 1. The van der Waals surface area contributed by atoms with Crippen LogP contribution in [0.5, 0.6) is 0 Å². The molecule has 0 saturated heterocycles. The fourth-order valence-corrected chi connectivity index (χ4v) is 1.72. The van der Waals surface area contributed by atoms with Crippen molar-refractivity contribution in [1.82, 2.24) is 0 Å². The number of ether oxygens (including phenoxy) is 4. The van der Waals surface area contributed by atoms with Crippen LogP contribution in [0.25, 0.3) is 0 Å². The first-order valence-corrected chi connectivity index (χ1v) is 8.52. The minimum atomic E-state index is -1.51. The topological polar surface area (TPSA) is 122 Å². The van der Waals surface area contributed by atoms with Crippen LogP contribution in [0.15, 0.2) is 0 Å². The van der Waals surface area contributed by atoms with Crippen molar-refractivity contribution in [1.29, 1.82) is 0 Å². The lowest BCUT2D eigenvalue weighted by atomic mass is 10.1. The molecule has 0 amide bonds. The Morgan fingerprint density at radius 3 is 1.65 bits per heavy atom. The van der Waals surface area contributed by atoms with Crippen molar-refractivity contribution in [3.05, 3.63) is 0 Å². The predicted octanol–water partition coefficient (Wildman–Crippen LogP) is 1.10. The van der Waals surface area contributed by atoms with Gasteiger partial charge < -0.3 is 18.9 Å². The Bertz CT molecular complexity index is 500.